The molecule has 0 bridgehead atoms. The van der Waals surface area contributed by atoms with Crippen LogP contribution < -0.4 is 10.1 Å². The third-order valence-corrected chi connectivity index (χ3v) is 5.24. The van der Waals surface area contributed by atoms with E-state index in [4.69, 9.17) is 4.74 Å². The van der Waals surface area contributed by atoms with Gasteiger partial charge in [-0.15, -0.1) is 0 Å². The van der Waals surface area contributed by atoms with Crippen molar-refractivity contribution in [3.63, 3.8) is 0 Å². The Morgan fingerprint density at radius 1 is 1.10 bits per heavy atom. The number of nitrogens with zero attached hydrogens (tertiary/aromatic N) is 1. The van der Waals surface area contributed by atoms with Gasteiger partial charge in [0, 0.05) is 16.6 Å². The summed E-state index contributed by atoms with van der Waals surface area (Å²) in [5.41, 5.74) is 2.81. The number of hydrogen-bond acceptors (Lipinski definition) is 3. The molecular formula is C24H31BrN2O3. The van der Waals surface area contributed by atoms with E-state index in [2.05, 4.69) is 21.2 Å². The lowest BCUT2D eigenvalue weighted by atomic mass is 10.1. The summed E-state index contributed by atoms with van der Waals surface area (Å²) in [7, 11) is 0. The summed E-state index contributed by atoms with van der Waals surface area (Å²) in [5.74, 6) is 0.197. The number of ether oxygens (including phenoxy) is 1. The summed E-state index contributed by atoms with van der Waals surface area (Å²) in [6.07, 6.45) is 0. The number of nitrogens with one attached hydrogen (secondary N) is 1. The molecule has 0 heterocycles. The number of hydrogen-bond donors (Lipinski definition) is 1. The lowest BCUT2D eigenvalue weighted by Gasteiger charge is -2.31. The van der Waals surface area contributed by atoms with Crippen LogP contribution in [0.5, 0.6) is 5.75 Å². The first-order valence-corrected chi connectivity index (χ1v) is 10.8. The van der Waals surface area contributed by atoms with Gasteiger partial charge in [0.1, 0.15) is 11.8 Å². The lowest BCUT2D eigenvalue weighted by Crippen LogP contribution is -2.53. The van der Waals surface area contributed by atoms with E-state index >= 15 is 0 Å². The van der Waals surface area contributed by atoms with Gasteiger partial charge in [0.15, 0.2) is 6.61 Å². The molecular weight excluding hydrogens is 444 g/mol. The smallest absolute Gasteiger partial charge is 0.261 e. The molecule has 0 radical (unpaired) electrons. The van der Waals surface area contributed by atoms with Crippen LogP contribution >= 0.6 is 15.9 Å². The van der Waals surface area contributed by atoms with E-state index in [9.17, 15) is 9.59 Å². The summed E-state index contributed by atoms with van der Waals surface area (Å²) in [5, 5.41) is 2.96. The van der Waals surface area contributed by atoms with Crippen LogP contribution in [0.4, 0.5) is 0 Å². The third kappa shape index (κ3) is 7.17. The molecule has 0 fully saturated rings. The van der Waals surface area contributed by atoms with E-state index in [0.29, 0.717) is 12.3 Å². The van der Waals surface area contributed by atoms with Gasteiger partial charge < -0.3 is 15.0 Å². The number of rotatable bonds is 7. The molecule has 2 amide bonds. The van der Waals surface area contributed by atoms with Gasteiger partial charge in [0.05, 0.1) is 0 Å². The van der Waals surface area contributed by atoms with E-state index < -0.39 is 6.04 Å². The highest BCUT2D eigenvalue weighted by Gasteiger charge is 2.28. The van der Waals surface area contributed by atoms with Crippen molar-refractivity contribution in [1.82, 2.24) is 10.2 Å². The van der Waals surface area contributed by atoms with Gasteiger partial charge >= 0.3 is 0 Å². The van der Waals surface area contributed by atoms with Crippen molar-refractivity contribution < 1.29 is 14.3 Å². The fourth-order valence-electron chi connectivity index (χ4n) is 2.92. The van der Waals surface area contributed by atoms with Gasteiger partial charge in [-0.3, -0.25) is 9.59 Å². The fraction of sp³-hybridized carbons (Fsp3) is 0.417. The van der Waals surface area contributed by atoms with Crippen LogP contribution in [0.3, 0.4) is 0 Å². The van der Waals surface area contributed by atoms with Gasteiger partial charge in [-0.05, 0) is 82.5 Å². The summed E-state index contributed by atoms with van der Waals surface area (Å²) in [4.78, 5) is 27.4. The summed E-state index contributed by atoms with van der Waals surface area (Å²) < 4.78 is 6.67. The minimum Gasteiger partial charge on any atom is -0.484 e. The number of carbonyl (C=O) groups is 2. The first kappa shape index (κ1) is 23.9. The van der Waals surface area contributed by atoms with Crippen molar-refractivity contribution in [1.29, 1.82) is 0 Å². The minimum absolute atomic E-state index is 0.135. The predicted octanol–water partition coefficient (Wildman–Crippen LogP) is 4.78. The second-order valence-electron chi connectivity index (χ2n) is 8.60. The Morgan fingerprint density at radius 3 is 2.40 bits per heavy atom. The number of benzene rings is 2. The second kappa shape index (κ2) is 10.1. The highest BCUT2D eigenvalue weighted by molar-refractivity contribution is 9.10. The fourth-order valence-corrected chi connectivity index (χ4v) is 3.37. The quantitative estimate of drug-likeness (QED) is 0.628. The Morgan fingerprint density at radius 2 is 1.80 bits per heavy atom. The van der Waals surface area contributed by atoms with Crippen LogP contribution in [-0.4, -0.2) is 34.9 Å². The van der Waals surface area contributed by atoms with Crippen molar-refractivity contribution >= 4 is 27.7 Å². The minimum atomic E-state index is -0.640. The zero-order chi connectivity index (χ0) is 22.5. The van der Waals surface area contributed by atoms with Crippen LogP contribution in [0.2, 0.25) is 0 Å². The maximum atomic E-state index is 13.1. The van der Waals surface area contributed by atoms with Crippen LogP contribution in [-0.2, 0) is 16.1 Å². The van der Waals surface area contributed by atoms with Crippen LogP contribution in [0.25, 0.3) is 0 Å². The Hall–Kier alpha value is -2.34. The molecule has 2 aromatic rings. The highest BCUT2D eigenvalue weighted by atomic mass is 79.9. The van der Waals surface area contributed by atoms with Gasteiger partial charge in [0.25, 0.3) is 5.91 Å². The van der Waals surface area contributed by atoms with Gasteiger partial charge in [-0.1, -0.05) is 34.1 Å². The Kier molecular flexibility index (Phi) is 8.07. The molecule has 5 nitrogen and oxygen atoms in total. The predicted molar refractivity (Wildman–Crippen MR) is 123 cm³/mol. The first-order chi connectivity index (χ1) is 14.0. The topological polar surface area (TPSA) is 58.6 Å². The standard InChI is InChI=1S/C24H31BrN2O3/c1-16-10-11-21(12-17(16)2)30-15-22(28)27(14-19-8-7-9-20(25)13-19)18(3)23(29)26-24(4,5)6/h7-13,18H,14-15H2,1-6H3,(H,26,29). The average molecular weight is 475 g/mol. The number of carbonyl (C=O) groups excluding carboxylic acids is 2. The van der Waals surface area contributed by atoms with Crippen molar-refractivity contribution in [3.05, 3.63) is 63.6 Å². The molecule has 162 valence electrons. The molecule has 1 atom stereocenters. The average Bonchev–Trinajstić information content (AvgIpc) is 2.65. The largest absolute Gasteiger partial charge is 0.484 e. The summed E-state index contributed by atoms with van der Waals surface area (Å²) in [6.45, 7) is 11.7. The van der Waals surface area contributed by atoms with Crippen molar-refractivity contribution in [2.45, 2.75) is 59.7 Å². The van der Waals surface area contributed by atoms with Crippen molar-refractivity contribution in [3.8, 4) is 5.75 Å². The highest BCUT2D eigenvalue weighted by Crippen LogP contribution is 2.18. The maximum Gasteiger partial charge on any atom is 0.261 e. The van der Waals surface area contributed by atoms with Gasteiger partial charge in [-0.25, -0.2) is 0 Å². The Bertz CT molecular complexity index is 906. The number of aryl methyl sites for hydroxylation is 2. The van der Waals surface area contributed by atoms with E-state index in [1.54, 1.807) is 11.8 Å². The van der Waals surface area contributed by atoms with Crippen LogP contribution in [0.1, 0.15) is 44.4 Å². The molecule has 1 unspecified atom stereocenters. The first-order valence-electron chi connectivity index (χ1n) is 10.0. The summed E-state index contributed by atoms with van der Waals surface area (Å²) in [6, 6.07) is 12.8. The molecule has 0 spiro atoms. The van der Waals surface area contributed by atoms with E-state index in [-0.39, 0.29) is 24.0 Å². The SMILES string of the molecule is Cc1ccc(OCC(=O)N(Cc2cccc(Br)c2)C(C)C(=O)NC(C)(C)C)cc1C. The molecule has 0 aliphatic carbocycles. The Labute approximate surface area is 187 Å². The molecule has 0 saturated heterocycles. The van der Waals surface area contributed by atoms with Gasteiger partial charge in [0.2, 0.25) is 5.91 Å². The summed E-state index contributed by atoms with van der Waals surface area (Å²) >= 11 is 3.46. The molecule has 30 heavy (non-hydrogen) atoms. The molecule has 6 heteroatoms. The second-order valence-corrected chi connectivity index (χ2v) is 9.52. The molecule has 0 aliphatic heterocycles. The Balaban J connectivity index is 2.18. The van der Waals surface area contributed by atoms with E-state index in [0.717, 1.165) is 21.2 Å². The normalized spacial score (nSPS) is 12.2. The monoisotopic (exact) mass is 474 g/mol. The van der Waals surface area contributed by atoms with E-state index in [1.165, 1.54) is 0 Å². The van der Waals surface area contributed by atoms with Crippen molar-refractivity contribution in [2.75, 3.05) is 6.61 Å². The number of amides is 2. The molecule has 0 aliphatic rings. The molecule has 0 saturated carbocycles. The number of halogens is 1. The molecule has 2 rings (SSSR count). The molecule has 0 aromatic heterocycles. The van der Waals surface area contributed by atoms with Crippen molar-refractivity contribution in [2.24, 2.45) is 0 Å². The third-order valence-electron chi connectivity index (χ3n) is 4.75. The lowest BCUT2D eigenvalue weighted by molar-refractivity contribution is -0.142. The molecule has 2 aromatic carbocycles. The zero-order valence-corrected chi connectivity index (χ0v) is 20.2. The van der Waals surface area contributed by atoms with E-state index in [1.807, 2.05) is 77.1 Å². The van der Waals surface area contributed by atoms with Gasteiger partial charge in [-0.2, -0.15) is 0 Å². The van der Waals surface area contributed by atoms with Crippen LogP contribution in [0, 0.1) is 13.8 Å². The van der Waals surface area contributed by atoms with Crippen LogP contribution in [0.15, 0.2) is 46.9 Å². The maximum absolute atomic E-state index is 13.1. The molecule has 1 N–H and O–H groups in total. The zero-order valence-electron chi connectivity index (χ0n) is 18.6.